The third-order valence-corrected chi connectivity index (χ3v) is 4.39. The Bertz CT molecular complexity index is 263. The predicted octanol–water partition coefficient (Wildman–Crippen LogP) is 2.66. The van der Waals surface area contributed by atoms with E-state index in [1.54, 1.807) is 6.92 Å². The van der Waals surface area contributed by atoms with Crippen molar-refractivity contribution in [2.45, 2.75) is 71.4 Å². The highest BCUT2D eigenvalue weighted by Gasteiger charge is 2.25. The van der Waals surface area contributed by atoms with E-state index in [0.29, 0.717) is 18.9 Å². The van der Waals surface area contributed by atoms with Crippen molar-refractivity contribution in [3.05, 3.63) is 0 Å². The predicted molar refractivity (Wildman–Crippen MR) is 78.0 cm³/mol. The van der Waals surface area contributed by atoms with E-state index in [0.717, 1.165) is 5.92 Å². The van der Waals surface area contributed by atoms with Crippen LogP contribution in [0.4, 0.5) is 4.79 Å². The van der Waals surface area contributed by atoms with Gasteiger partial charge in [0.1, 0.15) is 0 Å². The molecule has 2 amide bonds. The molecule has 0 radical (unpaired) electrons. The van der Waals surface area contributed by atoms with Crippen molar-refractivity contribution in [1.29, 1.82) is 0 Å². The monoisotopic (exact) mass is 270 g/mol. The quantitative estimate of drug-likeness (QED) is 0.695. The van der Waals surface area contributed by atoms with Crippen LogP contribution in [0.2, 0.25) is 0 Å². The van der Waals surface area contributed by atoms with Crippen LogP contribution in [0.25, 0.3) is 0 Å². The summed E-state index contributed by atoms with van der Waals surface area (Å²) in [5.74, 6) is 1.28. The molecular formula is C15H30N2O2. The van der Waals surface area contributed by atoms with Crippen LogP contribution in [0.1, 0.15) is 59.3 Å². The molecule has 3 unspecified atom stereocenters. The molecule has 0 saturated heterocycles. The molecule has 4 nitrogen and oxygen atoms in total. The van der Waals surface area contributed by atoms with Gasteiger partial charge < -0.3 is 15.7 Å². The van der Waals surface area contributed by atoms with Gasteiger partial charge in [0.25, 0.3) is 0 Å². The molecule has 0 aromatic carbocycles. The molecule has 0 bridgehead atoms. The third kappa shape index (κ3) is 6.28. The molecule has 0 spiro atoms. The van der Waals surface area contributed by atoms with Gasteiger partial charge in [-0.05, 0) is 32.1 Å². The number of carbonyl (C=O) groups excluding carboxylic acids is 1. The Kier molecular flexibility index (Phi) is 7.21. The number of amides is 2. The van der Waals surface area contributed by atoms with Crippen molar-refractivity contribution < 1.29 is 9.90 Å². The van der Waals surface area contributed by atoms with Crippen molar-refractivity contribution in [2.24, 2.45) is 11.8 Å². The topological polar surface area (TPSA) is 61.4 Å². The molecule has 1 saturated carbocycles. The lowest BCUT2D eigenvalue weighted by Gasteiger charge is -2.32. The van der Waals surface area contributed by atoms with Crippen LogP contribution in [0.15, 0.2) is 0 Å². The SMILES string of the molecule is CC(O)CCNC(=O)NC(C)C(C)C1CCCCC1. The summed E-state index contributed by atoms with van der Waals surface area (Å²) in [6.07, 6.45) is 6.88. The number of hydrogen-bond donors (Lipinski definition) is 3. The van der Waals surface area contributed by atoms with E-state index in [-0.39, 0.29) is 18.2 Å². The van der Waals surface area contributed by atoms with Crippen LogP contribution >= 0.6 is 0 Å². The molecule has 1 rings (SSSR count). The maximum atomic E-state index is 11.7. The summed E-state index contributed by atoms with van der Waals surface area (Å²) >= 11 is 0. The van der Waals surface area contributed by atoms with E-state index in [2.05, 4.69) is 24.5 Å². The number of aliphatic hydroxyl groups is 1. The van der Waals surface area contributed by atoms with E-state index in [4.69, 9.17) is 5.11 Å². The van der Waals surface area contributed by atoms with Crippen LogP contribution in [0.3, 0.4) is 0 Å². The van der Waals surface area contributed by atoms with Gasteiger partial charge in [-0.25, -0.2) is 4.79 Å². The average Bonchev–Trinajstić information content (AvgIpc) is 2.38. The van der Waals surface area contributed by atoms with Crippen LogP contribution in [-0.2, 0) is 0 Å². The average molecular weight is 270 g/mol. The van der Waals surface area contributed by atoms with E-state index in [1.165, 1.54) is 32.1 Å². The molecule has 0 aliphatic heterocycles. The van der Waals surface area contributed by atoms with E-state index < -0.39 is 0 Å². The van der Waals surface area contributed by atoms with Crippen molar-refractivity contribution >= 4 is 6.03 Å². The summed E-state index contributed by atoms with van der Waals surface area (Å²) < 4.78 is 0. The lowest BCUT2D eigenvalue weighted by molar-refractivity contribution is 0.181. The van der Waals surface area contributed by atoms with Gasteiger partial charge in [0.2, 0.25) is 0 Å². The first kappa shape index (κ1) is 16.3. The Hall–Kier alpha value is -0.770. The van der Waals surface area contributed by atoms with E-state index in [9.17, 15) is 4.79 Å². The Morgan fingerprint density at radius 1 is 1.21 bits per heavy atom. The zero-order valence-electron chi connectivity index (χ0n) is 12.6. The fourth-order valence-electron chi connectivity index (χ4n) is 2.85. The van der Waals surface area contributed by atoms with Gasteiger partial charge in [-0.1, -0.05) is 39.0 Å². The smallest absolute Gasteiger partial charge is 0.315 e. The number of nitrogens with one attached hydrogen (secondary N) is 2. The highest BCUT2D eigenvalue weighted by Crippen LogP contribution is 2.31. The zero-order chi connectivity index (χ0) is 14.3. The Labute approximate surface area is 117 Å². The van der Waals surface area contributed by atoms with E-state index >= 15 is 0 Å². The molecule has 1 aliphatic carbocycles. The van der Waals surface area contributed by atoms with Gasteiger partial charge in [0.15, 0.2) is 0 Å². The Morgan fingerprint density at radius 2 is 1.84 bits per heavy atom. The summed E-state index contributed by atoms with van der Waals surface area (Å²) in [6, 6.07) is 0.0884. The van der Waals surface area contributed by atoms with Crippen molar-refractivity contribution in [2.75, 3.05) is 6.54 Å². The van der Waals surface area contributed by atoms with Gasteiger partial charge in [-0.15, -0.1) is 0 Å². The molecule has 0 aromatic heterocycles. The van der Waals surface area contributed by atoms with Crippen molar-refractivity contribution in [1.82, 2.24) is 10.6 Å². The standard InChI is InChI=1S/C15H30N2O2/c1-11(18)9-10-16-15(19)17-13(3)12(2)14-7-5-4-6-8-14/h11-14,18H,4-10H2,1-3H3,(H2,16,17,19). The normalized spacial score (nSPS) is 21.5. The number of aliphatic hydroxyl groups excluding tert-OH is 1. The molecule has 3 N–H and O–H groups in total. The maximum absolute atomic E-state index is 11.7. The first-order chi connectivity index (χ1) is 9.00. The van der Waals surface area contributed by atoms with Crippen molar-refractivity contribution in [3.8, 4) is 0 Å². The molecule has 112 valence electrons. The summed E-state index contributed by atoms with van der Waals surface area (Å²) in [7, 11) is 0. The molecule has 19 heavy (non-hydrogen) atoms. The van der Waals surface area contributed by atoms with Crippen molar-refractivity contribution in [3.63, 3.8) is 0 Å². The fraction of sp³-hybridized carbons (Fsp3) is 0.933. The second kappa shape index (κ2) is 8.41. The minimum atomic E-state index is -0.362. The number of hydrogen-bond acceptors (Lipinski definition) is 2. The van der Waals surface area contributed by atoms with Crippen LogP contribution in [0.5, 0.6) is 0 Å². The maximum Gasteiger partial charge on any atom is 0.315 e. The van der Waals surface area contributed by atoms with Crippen LogP contribution in [0, 0.1) is 11.8 Å². The minimum absolute atomic E-state index is 0.115. The molecule has 0 heterocycles. The Balaban J connectivity index is 2.24. The molecule has 1 aliphatic rings. The second-order valence-corrected chi connectivity index (χ2v) is 6.08. The van der Waals surface area contributed by atoms with Crippen LogP contribution < -0.4 is 10.6 Å². The zero-order valence-corrected chi connectivity index (χ0v) is 12.6. The number of rotatable bonds is 6. The molecule has 4 heteroatoms. The highest BCUT2D eigenvalue weighted by molar-refractivity contribution is 5.74. The Morgan fingerprint density at radius 3 is 2.42 bits per heavy atom. The lowest BCUT2D eigenvalue weighted by atomic mass is 9.78. The minimum Gasteiger partial charge on any atom is -0.393 e. The molecular weight excluding hydrogens is 240 g/mol. The largest absolute Gasteiger partial charge is 0.393 e. The van der Waals surface area contributed by atoms with Gasteiger partial charge >= 0.3 is 6.03 Å². The molecule has 1 fully saturated rings. The molecule has 0 aromatic rings. The third-order valence-electron chi connectivity index (χ3n) is 4.39. The summed E-state index contributed by atoms with van der Waals surface area (Å²) in [5.41, 5.74) is 0. The number of carbonyl (C=O) groups is 1. The lowest BCUT2D eigenvalue weighted by Crippen LogP contribution is -2.45. The van der Waals surface area contributed by atoms with Gasteiger partial charge in [0, 0.05) is 12.6 Å². The fourth-order valence-corrected chi connectivity index (χ4v) is 2.85. The number of urea groups is 1. The van der Waals surface area contributed by atoms with E-state index in [1.807, 2.05) is 0 Å². The van der Waals surface area contributed by atoms with Gasteiger partial charge in [-0.2, -0.15) is 0 Å². The molecule has 3 atom stereocenters. The summed E-state index contributed by atoms with van der Waals surface area (Å²) in [5, 5.41) is 14.9. The van der Waals surface area contributed by atoms with Crippen LogP contribution in [-0.4, -0.2) is 29.8 Å². The van der Waals surface area contributed by atoms with Gasteiger partial charge in [0.05, 0.1) is 6.10 Å². The second-order valence-electron chi connectivity index (χ2n) is 6.08. The first-order valence-electron chi connectivity index (χ1n) is 7.73. The van der Waals surface area contributed by atoms with Gasteiger partial charge in [-0.3, -0.25) is 0 Å². The summed E-state index contributed by atoms with van der Waals surface area (Å²) in [4.78, 5) is 11.7. The summed E-state index contributed by atoms with van der Waals surface area (Å²) in [6.45, 7) is 6.59. The first-order valence-corrected chi connectivity index (χ1v) is 7.73. The highest BCUT2D eigenvalue weighted by atomic mass is 16.3.